The Morgan fingerprint density at radius 3 is 2.20 bits per heavy atom. The van der Waals surface area contributed by atoms with Gasteiger partial charge in [0, 0.05) is 21.4 Å². The average Bonchev–Trinajstić information content (AvgIpc) is 2.47. The van der Waals surface area contributed by atoms with Crippen molar-refractivity contribution in [2.24, 2.45) is 0 Å². The Balaban J connectivity index is 2.22. The summed E-state index contributed by atoms with van der Waals surface area (Å²) in [5, 5.41) is 10.9. The second-order valence-corrected chi connectivity index (χ2v) is 5.65. The van der Waals surface area contributed by atoms with E-state index in [1.54, 1.807) is 17.8 Å². The molecule has 2 aromatic rings. The van der Waals surface area contributed by atoms with Gasteiger partial charge in [0.25, 0.3) is 5.69 Å². The first-order valence-corrected chi connectivity index (χ1v) is 7.49. The molecule has 0 atom stereocenters. The van der Waals surface area contributed by atoms with Crippen molar-refractivity contribution in [3.63, 3.8) is 0 Å². The molecule has 104 valence electrons. The molecule has 0 aliphatic heterocycles. The number of nitro groups is 1. The summed E-state index contributed by atoms with van der Waals surface area (Å²) >= 11 is 1.63. The van der Waals surface area contributed by atoms with Gasteiger partial charge in [0.1, 0.15) is 0 Å². The van der Waals surface area contributed by atoms with Crippen molar-refractivity contribution in [2.75, 3.05) is 0 Å². The lowest BCUT2D eigenvalue weighted by Crippen LogP contribution is -1.94. The first-order chi connectivity index (χ1) is 9.63. The van der Waals surface area contributed by atoms with Gasteiger partial charge in [-0.2, -0.15) is 0 Å². The summed E-state index contributed by atoms with van der Waals surface area (Å²) in [7, 11) is 0. The largest absolute Gasteiger partial charge is 0.272 e. The minimum atomic E-state index is -0.316. The van der Waals surface area contributed by atoms with Crippen LogP contribution in [0, 0.1) is 10.1 Å². The van der Waals surface area contributed by atoms with Crippen LogP contribution in [0.4, 0.5) is 5.69 Å². The van der Waals surface area contributed by atoms with Gasteiger partial charge in [0.05, 0.1) is 4.92 Å². The molecule has 0 amide bonds. The molecule has 0 saturated heterocycles. The Bertz CT molecular complexity index is 608. The fourth-order valence-corrected chi connectivity index (χ4v) is 2.90. The van der Waals surface area contributed by atoms with E-state index in [-0.39, 0.29) is 10.6 Å². The van der Waals surface area contributed by atoms with E-state index in [1.807, 2.05) is 19.1 Å². The molecule has 0 N–H and O–H groups in total. The lowest BCUT2D eigenvalue weighted by atomic mass is 10.1. The molecule has 2 rings (SSSR count). The van der Waals surface area contributed by atoms with Gasteiger partial charge in [-0.15, -0.1) is 0 Å². The van der Waals surface area contributed by atoms with Crippen molar-refractivity contribution in [3.8, 4) is 0 Å². The third kappa shape index (κ3) is 3.39. The molecular weight excluding hydrogens is 270 g/mol. The molecule has 0 fully saturated rings. The molecule has 0 radical (unpaired) electrons. The van der Waals surface area contributed by atoms with Crippen molar-refractivity contribution in [3.05, 3.63) is 63.7 Å². The van der Waals surface area contributed by atoms with Crippen LogP contribution >= 0.6 is 11.8 Å². The highest BCUT2D eigenvalue weighted by atomic mass is 32.2. The highest BCUT2D eigenvalue weighted by Gasteiger charge is 2.12. The summed E-state index contributed by atoms with van der Waals surface area (Å²) in [5.41, 5.74) is 2.30. The molecule has 0 saturated carbocycles. The van der Waals surface area contributed by atoms with Crippen LogP contribution < -0.4 is 0 Å². The molecule has 0 heterocycles. The Hall–Kier alpha value is -1.81. The van der Waals surface area contributed by atoms with E-state index >= 15 is 0 Å². The molecule has 3 nitrogen and oxygen atoms in total. The van der Waals surface area contributed by atoms with Crippen molar-refractivity contribution < 1.29 is 4.92 Å². The molecule has 0 aliphatic carbocycles. The first-order valence-electron chi connectivity index (χ1n) is 6.68. The van der Waals surface area contributed by atoms with Crippen LogP contribution in [0.25, 0.3) is 0 Å². The number of hydrogen-bond donors (Lipinski definition) is 0. The zero-order chi connectivity index (χ0) is 14.5. The summed E-state index contributed by atoms with van der Waals surface area (Å²) in [6.45, 7) is 4.07. The van der Waals surface area contributed by atoms with Crippen LogP contribution in [0.2, 0.25) is 0 Å². The predicted octanol–water partition coefficient (Wildman–Crippen LogP) is 4.87. The Morgan fingerprint density at radius 1 is 1.00 bits per heavy atom. The highest BCUT2D eigenvalue weighted by Crippen LogP contribution is 2.31. The van der Waals surface area contributed by atoms with E-state index in [2.05, 4.69) is 31.2 Å². The zero-order valence-electron chi connectivity index (χ0n) is 11.6. The molecule has 0 spiro atoms. The van der Waals surface area contributed by atoms with Crippen molar-refractivity contribution in [1.29, 1.82) is 0 Å². The van der Waals surface area contributed by atoms with E-state index in [1.165, 1.54) is 5.56 Å². The van der Waals surface area contributed by atoms with Gasteiger partial charge >= 0.3 is 0 Å². The molecule has 2 aromatic carbocycles. The van der Waals surface area contributed by atoms with Crippen LogP contribution in [-0.4, -0.2) is 4.92 Å². The van der Waals surface area contributed by atoms with Gasteiger partial charge in [-0.25, -0.2) is 0 Å². The van der Waals surface area contributed by atoms with E-state index < -0.39 is 0 Å². The van der Waals surface area contributed by atoms with Crippen molar-refractivity contribution >= 4 is 17.4 Å². The van der Waals surface area contributed by atoms with Crippen molar-refractivity contribution in [1.82, 2.24) is 0 Å². The first kappa shape index (κ1) is 14.6. The number of rotatable bonds is 5. The normalized spacial score (nSPS) is 10.5. The van der Waals surface area contributed by atoms with E-state index in [4.69, 9.17) is 0 Å². The molecule has 4 heteroatoms. The Labute approximate surface area is 123 Å². The average molecular weight is 287 g/mol. The standard InChI is InChI=1S/C16H17NO2S/c1-3-12-5-7-14(8-6-12)20-15-9-10-16(17(18)19)13(4-2)11-15/h5-11H,3-4H2,1-2H3. The minimum absolute atomic E-state index is 0.207. The van der Waals surface area contributed by atoms with Gasteiger partial charge in [-0.3, -0.25) is 10.1 Å². The van der Waals surface area contributed by atoms with Gasteiger partial charge in [-0.1, -0.05) is 37.7 Å². The molecule has 0 bridgehead atoms. The molecule has 20 heavy (non-hydrogen) atoms. The summed E-state index contributed by atoms with van der Waals surface area (Å²) in [6, 6.07) is 13.8. The maximum atomic E-state index is 10.9. The summed E-state index contributed by atoms with van der Waals surface area (Å²) < 4.78 is 0. The number of aryl methyl sites for hydroxylation is 2. The third-order valence-corrected chi connectivity index (χ3v) is 4.19. The number of benzene rings is 2. The van der Waals surface area contributed by atoms with Crippen LogP contribution in [0.5, 0.6) is 0 Å². The Kier molecular flexibility index (Phi) is 4.79. The van der Waals surface area contributed by atoms with E-state index in [9.17, 15) is 10.1 Å². The maximum Gasteiger partial charge on any atom is 0.272 e. The fourth-order valence-electron chi connectivity index (χ4n) is 2.02. The van der Waals surface area contributed by atoms with Crippen LogP contribution in [0.15, 0.2) is 52.3 Å². The topological polar surface area (TPSA) is 43.1 Å². The molecular formula is C16H17NO2S. The highest BCUT2D eigenvalue weighted by molar-refractivity contribution is 7.99. The SMILES string of the molecule is CCc1ccc(Sc2ccc([N+](=O)[O-])c(CC)c2)cc1. The third-order valence-electron chi connectivity index (χ3n) is 3.20. The van der Waals surface area contributed by atoms with Crippen LogP contribution in [0.1, 0.15) is 25.0 Å². The van der Waals surface area contributed by atoms with Gasteiger partial charge in [-0.05, 0) is 42.7 Å². The van der Waals surface area contributed by atoms with E-state index in [0.29, 0.717) is 6.42 Å². The van der Waals surface area contributed by atoms with Gasteiger partial charge in [0.15, 0.2) is 0 Å². The molecule has 0 aromatic heterocycles. The zero-order valence-corrected chi connectivity index (χ0v) is 12.4. The Morgan fingerprint density at radius 2 is 1.65 bits per heavy atom. The molecule has 0 unspecified atom stereocenters. The summed E-state index contributed by atoms with van der Waals surface area (Å²) in [6.07, 6.45) is 1.70. The summed E-state index contributed by atoms with van der Waals surface area (Å²) in [5.74, 6) is 0. The lowest BCUT2D eigenvalue weighted by molar-refractivity contribution is -0.385. The van der Waals surface area contributed by atoms with Gasteiger partial charge in [0.2, 0.25) is 0 Å². The minimum Gasteiger partial charge on any atom is -0.258 e. The maximum absolute atomic E-state index is 10.9. The number of nitro benzene ring substituents is 1. The smallest absolute Gasteiger partial charge is 0.258 e. The van der Waals surface area contributed by atoms with Crippen LogP contribution in [0.3, 0.4) is 0 Å². The number of nitrogens with zero attached hydrogens (tertiary/aromatic N) is 1. The quantitative estimate of drug-likeness (QED) is 0.582. The number of hydrogen-bond acceptors (Lipinski definition) is 3. The summed E-state index contributed by atoms with van der Waals surface area (Å²) in [4.78, 5) is 12.8. The molecule has 0 aliphatic rings. The fraction of sp³-hybridized carbons (Fsp3) is 0.250. The lowest BCUT2D eigenvalue weighted by Gasteiger charge is -2.05. The monoisotopic (exact) mass is 287 g/mol. The van der Waals surface area contributed by atoms with Gasteiger partial charge < -0.3 is 0 Å². The second kappa shape index (κ2) is 6.57. The second-order valence-electron chi connectivity index (χ2n) is 4.50. The van der Waals surface area contributed by atoms with Crippen molar-refractivity contribution in [2.45, 2.75) is 36.5 Å². The van der Waals surface area contributed by atoms with Crippen LogP contribution in [-0.2, 0) is 12.8 Å². The predicted molar refractivity (Wildman–Crippen MR) is 82.4 cm³/mol. The van der Waals surface area contributed by atoms with E-state index in [0.717, 1.165) is 21.8 Å².